The molecule has 0 unspecified atom stereocenters. The summed E-state index contributed by atoms with van der Waals surface area (Å²) in [6.07, 6.45) is 2.84. The summed E-state index contributed by atoms with van der Waals surface area (Å²) in [5.74, 6) is 0.226. The second-order valence-electron chi connectivity index (χ2n) is 6.31. The molecule has 0 aromatic heterocycles. The fourth-order valence-corrected chi connectivity index (χ4v) is 3.31. The van der Waals surface area contributed by atoms with Crippen LogP contribution in [0.25, 0.3) is 0 Å². The summed E-state index contributed by atoms with van der Waals surface area (Å²) >= 11 is 0. The van der Waals surface area contributed by atoms with Gasteiger partial charge in [-0.2, -0.15) is 0 Å². The smallest absolute Gasteiger partial charge is 0.255 e. The summed E-state index contributed by atoms with van der Waals surface area (Å²) in [4.78, 5) is 12.7. The zero-order chi connectivity index (χ0) is 19.4. The lowest BCUT2D eigenvalue weighted by Gasteiger charge is -2.19. The van der Waals surface area contributed by atoms with Gasteiger partial charge in [-0.15, -0.1) is 6.58 Å². The van der Waals surface area contributed by atoms with Crippen LogP contribution in [0.4, 0.5) is 10.1 Å². The van der Waals surface area contributed by atoms with E-state index in [9.17, 15) is 9.18 Å². The Morgan fingerprint density at radius 1 is 1.33 bits per heavy atom. The van der Waals surface area contributed by atoms with E-state index in [-0.39, 0.29) is 11.5 Å². The van der Waals surface area contributed by atoms with E-state index in [0.29, 0.717) is 42.0 Å². The molecule has 0 spiro atoms. The Balaban J connectivity index is 1.92. The topological polar surface area (TPSA) is 59.6 Å². The molecule has 0 bridgehead atoms. The van der Waals surface area contributed by atoms with Crippen molar-refractivity contribution in [2.45, 2.75) is 19.4 Å². The minimum absolute atomic E-state index is 0.181. The van der Waals surface area contributed by atoms with E-state index in [1.165, 1.54) is 7.11 Å². The number of rotatable bonds is 6. The molecular weight excluding hydrogens is 347 g/mol. The standard InChI is InChI=1S/C21H23FN2O3/c1-4-5-13-10-15(11-18(26-2)20(13)27-3)21(25)24-17-7-6-14-12-23-9-8-16(14)19(17)22/h4,6-7,10-11,23H,1,5,8-9,12H2,2-3H3,(H,24,25). The summed E-state index contributed by atoms with van der Waals surface area (Å²) in [6, 6.07) is 6.74. The average molecular weight is 370 g/mol. The van der Waals surface area contributed by atoms with Crippen LogP contribution in [0.3, 0.4) is 0 Å². The molecule has 0 saturated carbocycles. The quantitative estimate of drug-likeness (QED) is 0.765. The van der Waals surface area contributed by atoms with Gasteiger partial charge in [0.25, 0.3) is 5.91 Å². The number of carbonyl (C=O) groups is 1. The van der Waals surface area contributed by atoms with Crippen LogP contribution < -0.4 is 20.1 Å². The first-order valence-corrected chi connectivity index (χ1v) is 8.77. The minimum Gasteiger partial charge on any atom is -0.493 e. The number of anilines is 1. The molecule has 0 fully saturated rings. The first-order valence-electron chi connectivity index (χ1n) is 8.77. The van der Waals surface area contributed by atoms with Gasteiger partial charge in [0.1, 0.15) is 5.82 Å². The number of methoxy groups -OCH3 is 2. The summed E-state index contributed by atoms with van der Waals surface area (Å²) < 4.78 is 25.5. The molecule has 142 valence electrons. The van der Waals surface area contributed by atoms with Crippen molar-refractivity contribution in [2.75, 3.05) is 26.1 Å². The predicted molar refractivity (Wildman–Crippen MR) is 103 cm³/mol. The molecule has 0 aliphatic carbocycles. The third-order valence-electron chi connectivity index (χ3n) is 4.64. The third kappa shape index (κ3) is 3.80. The lowest BCUT2D eigenvalue weighted by molar-refractivity contribution is 0.102. The Hall–Kier alpha value is -2.86. The molecule has 1 aliphatic heterocycles. The molecule has 0 saturated heterocycles. The maximum Gasteiger partial charge on any atom is 0.255 e. The van der Waals surface area contributed by atoms with E-state index < -0.39 is 5.91 Å². The number of fused-ring (bicyclic) bond motifs is 1. The second-order valence-corrected chi connectivity index (χ2v) is 6.31. The first kappa shape index (κ1) is 18.9. The highest BCUT2D eigenvalue weighted by atomic mass is 19.1. The van der Waals surface area contributed by atoms with Gasteiger partial charge in [0.15, 0.2) is 11.5 Å². The molecule has 3 rings (SSSR count). The van der Waals surface area contributed by atoms with Gasteiger partial charge in [0.05, 0.1) is 19.9 Å². The summed E-state index contributed by atoms with van der Waals surface area (Å²) in [6.45, 7) is 5.09. The Kier molecular flexibility index (Phi) is 5.76. The highest BCUT2D eigenvalue weighted by molar-refractivity contribution is 6.05. The molecule has 1 heterocycles. The monoisotopic (exact) mass is 370 g/mol. The van der Waals surface area contributed by atoms with Crippen LogP contribution in [-0.2, 0) is 19.4 Å². The summed E-state index contributed by atoms with van der Waals surface area (Å²) in [5.41, 5.74) is 2.90. The summed E-state index contributed by atoms with van der Waals surface area (Å²) in [7, 11) is 3.05. The molecule has 1 aliphatic rings. The Morgan fingerprint density at radius 3 is 2.85 bits per heavy atom. The van der Waals surface area contributed by atoms with Crippen LogP contribution in [-0.4, -0.2) is 26.7 Å². The van der Waals surface area contributed by atoms with Gasteiger partial charge in [0.2, 0.25) is 0 Å². The van der Waals surface area contributed by atoms with Gasteiger partial charge in [-0.1, -0.05) is 12.1 Å². The van der Waals surface area contributed by atoms with E-state index in [2.05, 4.69) is 17.2 Å². The zero-order valence-corrected chi connectivity index (χ0v) is 15.5. The van der Waals surface area contributed by atoms with Crippen LogP contribution >= 0.6 is 0 Å². The van der Waals surface area contributed by atoms with Crippen molar-refractivity contribution in [3.8, 4) is 11.5 Å². The van der Waals surface area contributed by atoms with E-state index in [1.807, 2.05) is 6.07 Å². The van der Waals surface area contributed by atoms with E-state index in [0.717, 1.165) is 17.7 Å². The molecule has 2 aromatic rings. The fourth-order valence-electron chi connectivity index (χ4n) is 3.31. The maximum atomic E-state index is 14.8. The normalized spacial score (nSPS) is 12.9. The third-order valence-corrected chi connectivity index (χ3v) is 4.64. The van der Waals surface area contributed by atoms with Crippen molar-refractivity contribution < 1.29 is 18.7 Å². The Labute approximate surface area is 158 Å². The molecule has 5 nitrogen and oxygen atoms in total. The van der Waals surface area contributed by atoms with Crippen LogP contribution in [0.1, 0.15) is 27.0 Å². The Morgan fingerprint density at radius 2 is 2.15 bits per heavy atom. The van der Waals surface area contributed by atoms with E-state index >= 15 is 0 Å². The van der Waals surface area contributed by atoms with Gasteiger partial charge in [-0.25, -0.2) is 4.39 Å². The van der Waals surface area contributed by atoms with Crippen LogP contribution in [0, 0.1) is 5.82 Å². The fraction of sp³-hybridized carbons (Fsp3) is 0.286. The molecule has 0 radical (unpaired) electrons. The lowest BCUT2D eigenvalue weighted by Crippen LogP contribution is -2.25. The summed E-state index contributed by atoms with van der Waals surface area (Å²) in [5, 5.41) is 5.89. The molecule has 2 aromatic carbocycles. The molecule has 1 amide bonds. The van der Waals surface area contributed by atoms with Crippen LogP contribution in [0.5, 0.6) is 11.5 Å². The second kappa shape index (κ2) is 8.22. The van der Waals surface area contributed by atoms with Gasteiger partial charge in [0, 0.05) is 17.7 Å². The number of ether oxygens (including phenoxy) is 2. The Bertz CT molecular complexity index is 880. The molecule has 27 heavy (non-hydrogen) atoms. The van der Waals surface area contributed by atoms with Crippen molar-refractivity contribution in [3.63, 3.8) is 0 Å². The first-order chi connectivity index (χ1) is 13.1. The highest BCUT2D eigenvalue weighted by Gasteiger charge is 2.20. The minimum atomic E-state index is -0.408. The maximum absolute atomic E-state index is 14.8. The van der Waals surface area contributed by atoms with Gasteiger partial charge >= 0.3 is 0 Å². The van der Waals surface area contributed by atoms with Crippen molar-refractivity contribution in [2.24, 2.45) is 0 Å². The zero-order valence-electron chi connectivity index (χ0n) is 15.5. The van der Waals surface area contributed by atoms with E-state index in [4.69, 9.17) is 9.47 Å². The predicted octanol–water partition coefficient (Wildman–Crippen LogP) is 3.47. The van der Waals surface area contributed by atoms with Gasteiger partial charge in [-0.3, -0.25) is 4.79 Å². The lowest BCUT2D eigenvalue weighted by atomic mass is 9.99. The van der Waals surface area contributed by atoms with Crippen molar-refractivity contribution >= 4 is 11.6 Å². The van der Waals surface area contributed by atoms with Crippen molar-refractivity contribution in [1.29, 1.82) is 0 Å². The molecule has 2 N–H and O–H groups in total. The van der Waals surface area contributed by atoms with Gasteiger partial charge in [-0.05, 0) is 48.7 Å². The number of amides is 1. The number of hydrogen-bond donors (Lipinski definition) is 2. The van der Waals surface area contributed by atoms with Crippen LogP contribution in [0.15, 0.2) is 36.9 Å². The number of hydrogen-bond acceptors (Lipinski definition) is 4. The molecular formula is C21H23FN2O3. The average Bonchev–Trinajstić information content (AvgIpc) is 2.69. The van der Waals surface area contributed by atoms with Crippen molar-refractivity contribution in [3.05, 3.63) is 65.0 Å². The molecule has 0 atom stereocenters. The SMILES string of the molecule is C=CCc1cc(C(=O)Nc2ccc3c(c2F)CCNC3)cc(OC)c1OC. The van der Waals surface area contributed by atoms with Crippen molar-refractivity contribution in [1.82, 2.24) is 5.32 Å². The molecule has 6 heteroatoms. The highest BCUT2D eigenvalue weighted by Crippen LogP contribution is 2.33. The number of carbonyl (C=O) groups excluding carboxylic acids is 1. The van der Waals surface area contributed by atoms with Gasteiger partial charge < -0.3 is 20.1 Å². The number of benzene rings is 2. The van der Waals surface area contributed by atoms with Crippen LogP contribution in [0.2, 0.25) is 0 Å². The largest absolute Gasteiger partial charge is 0.493 e. The number of nitrogens with one attached hydrogen (secondary N) is 2. The number of allylic oxidation sites excluding steroid dienone is 1. The number of halogens is 1. The van der Waals surface area contributed by atoms with E-state index in [1.54, 1.807) is 31.4 Å².